The highest BCUT2D eigenvalue weighted by atomic mass is 19.1. The number of amides is 1. The molecule has 23 heavy (non-hydrogen) atoms. The molecule has 5 nitrogen and oxygen atoms in total. The van der Waals surface area contributed by atoms with Crippen molar-refractivity contribution < 1.29 is 9.18 Å². The topological polar surface area (TPSA) is 59.0 Å². The van der Waals surface area contributed by atoms with Crippen LogP contribution in [0.5, 0.6) is 0 Å². The van der Waals surface area contributed by atoms with Gasteiger partial charge in [0, 0.05) is 17.3 Å². The smallest absolute Gasteiger partial charge is 0.227 e. The van der Waals surface area contributed by atoms with Crippen LogP contribution in [0.3, 0.4) is 0 Å². The van der Waals surface area contributed by atoms with E-state index in [2.05, 4.69) is 15.7 Å². The fraction of sp³-hybridized carbons (Fsp3) is 0.412. The molecular formula is C17H21FN4O. The van der Waals surface area contributed by atoms with Gasteiger partial charge in [-0.05, 0) is 64.0 Å². The minimum Gasteiger partial charge on any atom is -0.326 e. The number of piperidine rings is 1. The molecule has 122 valence electrons. The summed E-state index contributed by atoms with van der Waals surface area (Å²) in [5, 5.41) is 10.3. The highest BCUT2D eigenvalue weighted by Gasteiger charge is 2.21. The van der Waals surface area contributed by atoms with Crippen molar-refractivity contribution in [3.05, 3.63) is 41.5 Å². The van der Waals surface area contributed by atoms with Gasteiger partial charge in [0.15, 0.2) is 5.82 Å². The number of aromatic nitrogens is 2. The van der Waals surface area contributed by atoms with Crippen LogP contribution in [-0.2, 0) is 4.79 Å². The maximum atomic E-state index is 14.4. The Labute approximate surface area is 134 Å². The number of hydrogen-bond acceptors (Lipinski definition) is 3. The zero-order valence-corrected chi connectivity index (χ0v) is 13.4. The van der Waals surface area contributed by atoms with E-state index in [1.54, 1.807) is 16.8 Å². The summed E-state index contributed by atoms with van der Waals surface area (Å²) < 4.78 is 16.0. The van der Waals surface area contributed by atoms with Crippen molar-refractivity contribution in [2.45, 2.75) is 26.7 Å². The summed E-state index contributed by atoms with van der Waals surface area (Å²) in [6, 6.07) is 6.61. The van der Waals surface area contributed by atoms with Crippen molar-refractivity contribution in [1.82, 2.24) is 15.1 Å². The maximum Gasteiger partial charge on any atom is 0.227 e. The first kappa shape index (κ1) is 15.7. The number of aryl methyl sites for hydroxylation is 2. The zero-order valence-electron chi connectivity index (χ0n) is 13.4. The van der Waals surface area contributed by atoms with Crippen LogP contribution < -0.4 is 10.6 Å². The first-order valence-electron chi connectivity index (χ1n) is 7.89. The van der Waals surface area contributed by atoms with E-state index in [0.717, 1.165) is 37.3 Å². The summed E-state index contributed by atoms with van der Waals surface area (Å²) in [6.07, 6.45) is 1.64. The van der Waals surface area contributed by atoms with Gasteiger partial charge < -0.3 is 10.6 Å². The Morgan fingerprint density at radius 3 is 2.65 bits per heavy atom. The van der Waals surface area contributed by atoms with Gasteiger partial charge in [0.2, 0.25) is 5.91 Å². The molecule has 0 atom stereocenters. The number of carbonyl (C=O) groups excluding carboxylic acids is 1. The van der Waals surface area contributed by atoms with Crippen LogP contribution in [-0.4, -0.2) is 28.8 Å². The predicted molar refractivity (Wildman–Crippen MR) is 87.2 cm³/mol. The Balaban J connectivity index is 1.76. The maximum absolute atomic E-state index is 14.4. The standard InChI is InChI=1S/C17H21FN4O/c1-11-9-12(2)22(21-11)16-4-3-14(10-15(16)18)20-17(23)13-5-7-19-8-6-13/h3-4,9-10,13,19H,5-8H2,1-2H3,(H,20,23). The number of benzene rings is 1. The monoisotopic (exact) mass is 316 g/mol. The highest BCUT2D eigenvalue weighted by molar-refractivity contribution is 5.92. The number of anilines is 1. The van der Waals surface area contributed by atoms with Gasteiger partial charge in [-0.1, -0.05) is 0 Å². The molecule has 0 spiro atoms. The van der Waals surface area contributed by atoms with Crippen LogP contribution in [0, 0.1) is 25.6 Å². The van der Waals surface area contributed by atoms with Gasteiger partial charge in [0.25, 0.3) is 0 Å². The highest BCUT2D eigenvalue weighted by Crippen LogP contribution is 2.21. The van der Waals surface area contributed by atoms with Gasteiger partial charge in [0.05, 0.1) is 5.69 Å². The SMILES string of the molecule is Cc1cc(C)n(-c2ccc(NC(=O)C3CCNCC3)cc2F)n1. The molecule has 3 rings (SSSR count). The molecule has 1 aromatic heterocycles. The third-order valence-corrected chi connectivity index (χ3v) is 4.16. The van der Waals surface area contributed by atoms with Crippen LogP contribution >= 0.6 is 0 Å². The lowest BCUT2D eigenvalue weighted by atomic mass is 9.97. The third kappa shape index (κ3) is 3.42. The summed E-state index contributed by atoms with van der Waals surface area (Å²) in [6.45, 7) is 5.45. The van der Waals surface area contributed by atoms with Crippen molar-refractivity contribution in [1.29, 1.82) is 0 Å². The average molecular weight is 316 g/mol. The Hall–Kier alpha value is -2.21. The predicted octanol–water partition coefficient (Wildman–Crippen LogP) is 2.57. The molecule has 0 aliphatic carbocycles. The second kappa shape index (κ2) is 6.50. The molecule has 1 fully saturated rings. The van der Waals surface area contributed by atoms with Gasteiger partial charge >= 0.3 is 0 Å². The molecule has 1 aromatic carbocycles. The molecule has 1 amide bonds. The third-order valence-electron chi connectivity index (χ3n) is 4.16. The van der Waals surface area contributed by atoms with E-state index in [1.165, 1.54) is 6.07 Å². The van der Waals surface area contributed by atoms with Gasteiger partial charge in [-0.2, -0.15) is 5.10 Å². The summed E-state index contributed by atoms with van der Waals surface area (Å²) in [5.41, 5.74) is 2.57. The summed E-state index contributed by atoms with van der Waals surface area (Å²) in [5.74, 6) is -0.445. The molecule has 6 heteroatoms. The van der Waals surface area contributed by atoms with E-state index in [9.17, 15) is 9.18 Å². The lowest BCUT2D eigenvalue weighted by Gasteiger charge is -2.21. The lowest BCUT2D eigenvalue weighted by molar-refractivity contribution is -0.120. The molecule has 2 aromatic rings. The molecule has 0 saturated carbocycles. The molecule has 1 aliphatic heterocycles. The molecule has 0 unspecified atom stereocenters. The number of nitrogens with zero attached hydrogens (tertiary/aromatic N) is 2. The molecule has 2 heterocycles. The van der Waals surface area contributed by atoms with E-state index in [-0.39, 0.29) is 11.8 Å². The van der Waals surface area contributed by atoms with Crippen LogP contribution in [0.4, 0.5) is 10.1 Å². The van der Waals surface area contributed by atoms with Crippen LogP contribution in [0.2, 0.25) is 0 Å². The van der Waals surface area contributed by atoms with E-state index < -0.39 is 5.82 Å². The Morgan fingerprint density at radius 1 is 1.30 bits per heavy atom. The number of carbonyl (C=O) groups is 1. The Bertz CT molecular complexity index is 719. The fourth-order valence-electron chi connectivity index (χ4n) is 2.96. The number of nitrogens with one attached hydrogen (secondary N) is 2. The molecule has 1 aliphatic rings. The fourth-order valence-corrected chi connectivity index (χ4v) is 2.96. The van der Waals surface area contributed by atoms with E-state index in [0.29, 0.717) is 11.4 Å². The number of halogens is 1. The minimum atomic E-state index is -0.403. The van der Waals surface area contributed by atoms with E-state index >= 15 is 0 Å². The second-order valence-corrected chi connectivity index (χ2v) is 6.02. The van der Waals surface area contributed by atoms with Gasteiger partial charge in [-0.25, -0.2) is 9.07 Å². The zero-order chi connectivity index (χ0) is 16.4. The number of rotatable bonds is 3. The molecule has 0 bridgehead atoms. The Kier molecular flexibility index (Phi) is 4.43. The van der Waals surface area contributed by atoms with Crippen LogP contribution in [0.1, 0.15) is 24.2 Å². The molecular weight excluding hydrogens is 295 g/mol. The molecule has 2 N–H and O–H groups in total. The van der Waals surface area contributed by atoms with E-state index in [1.807, 2.05) is 19.9 Å². The summed E-state index contributed by atoms with van der Waals surface area (Å²) in [7, 11) is 0. The van der Waals surface area contributed by atoms with Crippen molar-refractivity contribution >= 4 is 11.6 Å². The van der Waals surface area contributed by atoms with Crippen molar-refractivity contribution in [3.63, 3.8) is 0 Å². The van der Waals surface area contributed by atoms with Gasteiger partial charge in [-0.3, -0.25) is 4.79 Å². The van der Waals surface area contributed by atoms with Crippen molar-refractivity contribution in [3.8, 4) is 5.69 Å². The largest absolute Gasteiger partial charge is 0.326 e. The van der Waals surface area contributed by atoms with Gasteiger partial charge in [0.1, 0.15) is 5.69 Å². The van der Waals surface area contributed by atoms with Crippen LogP contribution in [0.25, 0.3) is 5.69 Å². The van der Waals surface area contributed by atoms with Crippen molar-refractivity contribution in [2.75, 3.05) is 18.4 Å². The second-order valence-electron chi connectivity index (χ2n) is 6.02. The average Bonchev–Trinajstić information content (AvgIpc) is 2.87. The normalized spacial score (nSPS) is 15.6. The first-order chi connectivity index (χ1) is 11.0. The minimum absolute atomic E-state index is 0.00463. The quantitative estimate of drug-likeness (QED) is 0.915. The lowest BCUT2D eigenvalue weighted by Crippen LogP contribution is -2.34. The molecule has 1 saturated heterocycles. The first-order valence-corrected chi connectivity index (χ1v) is 7.89. The number of hydrogen-bond donors (Lipinski definition) is 2. The van der Waals surface area contributed by atoms with Gasteiger partial charge in [-0.15, -0.1) is 0 Å². The summed E-state index contributed by atoms with van der Waals surface area (Å²) >= 11 is 0. The van der Waals surface area contributed by atoms with E-state index in [4.69, 9.17) is 0 Å². The van der Waals surface area contributed by atoms with Crippen molar-refractivity contribution in [2.24, 2.45) is 5.92 Å². The Morgan fingerprint density at radius 2 is 2.04 bits per heavy atom. The molecule has 0 radical (unpaired) electrons. The van der Waals surface area contributed by atoms with Crippen LogP contribution in [0.15, 0.2) is 24.3 Å². The summed E-state index contributed by atoms with van der Waals surface area (Å²) in [4.78, 5) is 12.2.